The summed E-state index contributed by atoms with van der Waals surface area (Å²) in [4.78, 5) is 19.2. The van der Waals surface area contributed by atoms with E-state index in [0.717, 1.165) is 0 Å². The number of benzene rings is 1. The molecule has 0 fully saturated rings. The number of nitrogens with two attached hydrogens (primary N) is 1. The molecular formula is C12H19FNO4P. The number of rotatable bonds is 5. The lowest BCUT2D eigenvalue weighted by Crippen LogP contribution is -2.26. The summed E-state index contributed by atoms with van der Waals surface area (Å²) >= 11 is 0. The zero-order chi connectivity index (χ0) is 14.8. The normalized spacial score (nSPS) is 12.5. The van der Waals surface area contributed by atoms with Crippen molar-refractivity contribution in [3.63, 3.8) is 0 Å². The van der Waals surface area contributed by atoms with Crippen molar-refractivity contribution in [1.82, 2.24) is 0 Å². The van der Waals surface area contributed by atoms with Crippen molar-refractivity contribution >= 4 is 13.3 Å². The predicted octanol–water partition coefficient (Wildman–Crippen LogP) is 2.61. The number of ether oxygens (including phenoxy) is 1. The van der Waals surface area contributed by atoms with Crippen LogP contribution in [-0.4, -0.2) is 16.9 Å². The molecule has 7 heteroatoms. The number of anilines is 1. The molecule has 0 aliphatic heterocycles. The van der Waals surface area contributed by atoms with E-state index in [1.807, 2.05) is 0 Å². The maximum atomic E-state index is 14.4. The van der Waals surface area contributed by atoms with Crippen molar-refractivity contribution in [2.45, 2.75) is 31.8 Å². The third kappa shape index (κ3) is 2.48. The van der Waals surface area contributed by atoms with Gasteiger partial charge in [-0.2, -0.15) is 0 Å². The van der Waals surface area contributed by atoms with Gasteiger partial charge in [0.1, 0.15) is 0 Å². The van der Waals surface area contributed by atoms with Crippen LogP contribution >= 0.6 is 7.60 Å². The minimum absolute atomic E-state index is 0.0584. The smallest absolute Gasteiger partial charge is 0.336 e. The van der Waals surface area contributed by atoms with Gasteiger partial charge in [0, 0.05) is 5.56 Å². The number of methoxy groups -OCH3 is 1. The Morgan fingerprint density at radius 2 is 1.89 bits per heavy atom. The van der Waals surface area contributed by atoms with E-state index in [1.165, 1.54) is 19.2 Å². The predicted molar refractivity (Wildman–Crippen MR) is 71.7 cm³/mol. The summed E-state index contributed by atoms with van der Waals surface area (Å²) in [6.07, 6.45) is 0.218. The number of hydrogen-bond donors (Lipinski definition) is 3. The van der Waals surface area contributed by atoms with Gasteiger partial charge in [0.05, 0.1) is 18.0 Å². The highest BCUT2D eigenvalue weighted by Gasteiger charge is 2.47. The van der Waals surface area contributed by atoms with Gasteiger partial charge < -0.3 is 20.3 Å². The molecule has 1 rings (SSSR count). The molecule has 0 saturated carbocycles. The first-order valence-electron chi connectivity index (χ1n) is 5.93. The van der Waals surface area contributed by atoms with Crippen LogP contribution in [0.2, 0.25) is 0 Å². The molecule has 0 aliphatic rings. The lowest BCUT2D eigenvalue weighted by Gasteiger charge is -2.33. The summed E-state index contributed by atoms with van der Waals surface area (Å²) < 4.78 is 31.1. The van der Waals surface area contributed by atoms with Crippen molar-refractivity contribution in [1.29, 1.82) is 0 Å². The molecule has 0 aliphatic carbocycles. The van der Waals surface area contributed by atoms with Gasteiger partial charge in [0.25, 0.3) is 0 Å². The largest absolute Gasteiger partial charge is 0.492 e. The Morgan fingerprint density at radius 3 is 2.26 bits per heavy atom. The van der Waals surface area contributed by atoms with Crippen molar-refractivity contribution in [2.75, 3.05) is 12.8 Å². The van der Waals surface area contributed by atoms with Crippen molar-refractivity contribution < 1.29 is 23.5 Å². The summed E-state index contributed by atoms with van der Waals surface area (Å²) in [5, 5.41) is -1.56. The van der Waals surface area contributed by atoms with E-state index < -0.39 is 18.6 Å². The first-order valence-corrected chi connectivity index (χ1v) is 7.54. The van der Waals surface area contributed by atoms with Gasteiger partial charge in [-0.3, -0.25) is 4.57 Å². The van der Waals surface area contributed by atoms with Gasteiger partial charge in [-0.1, -0.05) is 19.9 Å². The van der Waals surface area contributed by atoms with Gasteiger partial charge >= 0.3 is 7.60 Å². The lowest BCUT2D eigenvalue weighted by atomic mass is 9.91. The molecule has 0 amide bonds. The molecule has 0 heterocycles. The molecule has 4 N–H and O–H groups in total. The number of halogens is 1. The zero-order valence-electron chi connectivity index (χ0n) is 11.2. The Labute approximate surface area is 111 Å². The molecule has 1 aromatic rings. The van der Waals surface area contributed by atoms with Crippen molar-refractivity contribution in [2.24, 2.45) is 0 Å². The van der Waals surface area contributed by atoms with E-state index in [2.05, 4.69) is 0 Å². The second-order valence-corrected chi connectivity index (χ2v) is 6.28. The lowest BCUT2D eigenvalue weighted by molar-refractivity contribution is 0.308. The minimum atomic E-state index is -4.54. The maximum Gasteiger partial charge on any atom is 0.336 e. The molecule has 0 atom stereocenters. The average molecular weight is 291 g/mol. The monoisotopic (exact) mass is 291 g/mol. The van der Waals surface area contributed by atoms with Crippen LogP contribution in [0, 0.1) is 5.82 Å². The highest BCUT2D eigenvalue weighted by atomic mass is 31.2. The molecule has 0 saturated heterocycles. The summed E-state index contributed by atoms with van der Waals surface area (Å²) in [7, 11) is -3.28. The topological polar surface area (TPSA) is 92.8 Å². The van der Waals surface area contributed by atoms with E-state index in [1.54, 1.807) is 13.8 Å². The quantitative estimate of drug-likeness (QED) is 0.573. The van der Waals surface area contributed by atoms with Crippen LogP contribution in [-0.2, 0) is 9.72 Å². The van der Waals surface area contributed by atoms with Crippen LogP contribution in [0.1, 0.15) is 32.3 Å². The molecule has 0 spiro atoms. The highest BCUT2D eigenvalue weighted by molar-refractivity contribution is 7.53. The van der Waals surface area contributed by atoms with Gasteiger partial charge in [-0.05, 0) is 18.9 Å². The Balaban J connectivity index is 3.63. The van der Waals surface area contributed by atoms with Crippen LogP contribution in [0.3, 0.4) is 0 Å². The minimum Gasteiger partial charge on any atom is -0.492 e. The average Bonchev–Trinajstić information content (AvgIpc) is 2.32. The molecular weight excluding hydrogens is 272 g/mol. The van der Waals surface area contributed by atoms with E-state index >= 15 is 0 Å². The fourth-order valence-electron chi connectivity index (χ4n) is 2.34. The van der Waals surface area contributed by atoms with E-state index in [9.17, 15) is 18.7 Å². The Hall–Kier alpha value is -1.10. The zero-order valence-corrected chi connectivity index (χ0v) is 12.1. The van der Waals surface area contributed by atoms with Gasteiger partial charge in [0.15, 0.2) is 11.6 Å². The number of hydrogen-bond acceptors (Lipinski definition) is 3. The third-order valence-electron chi connectivity index (χ3n) is 3.56. The van der Waals surface area contributed by atoms with Crippen LogP contribution in [0.25, 0.3) is 0 Å². The Kier molecular flexibility index (Phi) is 4.61. The molecule has 0 unspecified atom stereocenters. The Bertz CT molecular complexity index is 511. The standard InChI is InChI=1S/C12H19FNO4P/c1-4-12(5-2,19(15,16)17)8-6-7-9(14)11(18-3)10(8)13/h6-7H,4-5,14H2,1-3H3,(H2,15,16,17). The van der Waals surface area contributed by atoms with Crippen molar-refractivity contribution in [3.8, 4) is 5.75 Å². The van der Waals surface area contributed by atoms with Gasteiger partial charge in [0.2, 0.25) is 0 Å². The van der Waals surface area contributed by atoms with Crippen molar-refractivity contribution in [3.05, 3.63) is 23.5 Å². The molecule has 0 radical (unpaired) electrons. The fourth-order valence-corrected chi connectivity index (χ4v) is 3.65. The second kappa shape index (κ2) is 5.49. The van der Waals surface area contributed by atoms with Gasteiger partial charge in [-0.25, -0.2) is 4.39 Å². The summed E-state index contributed by atoms with van der Waals surface area (Å²) in [5.41, 5.74) is 5.61. The first-order chi connectivity index (χ1) is 8.75. The summed E-state index contributed by atoms with van der Waals surface area (Å²) in [6.45, 7) is 3.23. The SMILES string of the molecule is CCC(CC)(c1ccc(N)c(OC)c1F)P(=O)(O)O. The van der Waals surface area contributed by atoms with Crippen LogP contribution in [0.15, 0.2) is 12.1 Å². The second-order valence-electron chi connectivity index (χ2n) is 4.33. The van der Waals surface area contributed by atoms with E-state index in [-0.39, 0.29) is 29.8 Å². The van der Waals surface area contributed by atoms with Crippen LogP contribution in [0.5, 0.6) is 5.75 Å². The Morgan fingerprint density at radius 1 is 1.37 bits per heavy atom. The van der Waals surface area contributed by atoms with Crippen LogP contribution < -0.4 is 10.5 Å². The van der Waals surface area contributed by atoms with Crippen LogP contribution in [0.4, 0.5) is 10.1 Å². The molecule has 0 bridgehead atoms. The number of nitrogen functional groups attached to an aromatic ring is 1. The van der Waals surface area contributed by atoms with E-state index in [0.29, 0.717) is 0 Å². The summed E-state index contributed by atoms with van der Waals surface area (Å²) in [5.74, 6) is -0.994. The van der Waals surface area contributed by atoms with E-state index in [4.69, 9.17) is 10.5 Å². The molecule has 0 aromatic heterocycles. The molecule has 1 aromatic carbocycles. The summed E-state index contributed by atoms with van der Waals surface area (Å²) in [6, 6.07) is 2.71. The van der Waals surface area contributed by atoms with Gasteiger partial charge in [-0.15, -0.1) is 0 Å². The maximum absolute atomic E-state index is 14.4. The molecule has 5 nitrogen and oxygen atoms in total. The highest BCUT2D eigenvalue weighted by Crippen LogP contribution is 2.61. The molecule has 19 heavy (non-hydrogen) atoms. The third-order valence-corrected chi connectivity index (χ3v) is 5.55. The first kappa shape index (κ1) is 16.0. The fraction of sp³-hybridized carbons (Fsp3) is 0.500. The molecule has 108 valence electrons.